The van der Waals surface area contributed by atoms with Crippen molar-refractivity contribution in [2.75, 3.05) is 17.7 Å². The predicted molar refractivity (Wildman–Crippen MR) is 115 cm³/mol. The molecule has 0 fully saturated rings. The molecule has 30 heavy (non-hydrogen) atoms. The number of rotatable bonds is 6. The van der Waals surface area contributed by atoms with Gasteiger partial charge in [-0.05, 0) is 60.7 Å². The van der Waals surface area contributed by atoms with Gasteiger partial charge in [0, 0.05) is 28.8 Å². The third-order valence-corrected chi connectivity index (χ3v) is 4.45. The third-order valence-electron chi connectivity index (χ3n) is 4.21. The molecular weight excluding hydrogens is 404 g/mol. The quantitative estimate of drug-likeness (QED) is 0.482. The van der Waals surface area contributed by atoms with Crippen LogP contribution in [0, 0.1) is 0 Å². The van der Waals surface area contributed by atoms with E-state index in [0.717, 1.165) is 5.69 Å². The standard InChI is InChI=1S/C21H17ClN6O2/c1-30-18-8-3-14(22)13-17(18)21(29)25-16-6-4-15(5-7-16)24-19-9-10-20(27-26-19)28-12-2-11-23-28/h2-13H,1H3,(H,24,26)(H,25,29). The average Bonchev–Trinajstić information content (AvgIpc) is 3.30. The van der Waals surface area contributed by atoms with Gasteiger partial charge in [-0.2, -0.15) is 5.10 Å². The van der Waals surface area contributed by atoms with Crippen LogP contribution in [0.15, 0.2) is 73.1 Å². The summed E-state index contributed by atoms with van der Waals surface area (Å²) in [5.41, 5.74) is 1.79. The Morgan fingerprint density at radius 1 is 1.03 bits per heavy atom. The number of carbonyl (C=O) groups is 1. The van der Waals surface area contributed by atoms with Crippen LogP contribution in [0.4, 0.5) is 17.2 Å². The lowest BCUT2D eigenvalue weighted by atomic mass is 10.1. The molecule has 2 heterocycles. The lowest BCUT2D eigenvalue weighted by molar-refractivity contribution is 0.102. The van der Waals surface area contributed by atoms with E-state index in [1.165, 1.54) is 7.11 Å². The van der Waals surface area contributed by atoms with Crippen molar-refractivity contribution < 1.29 is 9.53 Å². The van der Waals surface area contributed by atoms with Crippen molar-refractivity contribution in [3.63, 3.8) is 0 Å². The van der Waals surface area contributed by atoms with E-state index in [1.54, 1.807) is 47.4 Å². The van der Waals surface area contributed by atoms with Crippen molar-refractivity contribution in [1.29, 1.82) is 0 Å². The zero-order chi connectivity index (χ0) is 20.9. The fourth-order valence-corrected chi connectivity index (χ4v) is 2.93. The molecule has 0 unspecified atom stereocenters. The molecule has 2 aromatic carbocycles. The van der Waals surface area contributed by atoms with Crippen LogP contribution in [-0.2, 0) is 0 Å². The number of anilines is 3. The van der Waals surface area contributed by atoms with Crippen LogP contribution in [0.1, 0.15) is 10.4 Å². The zero-order valence-corrected chi connectivity index (χ0v) is 16.7. The fourth-order valence-electron chi connectivity index (χ4n) is 2.76. The number of carbonyl (C=O) groups excluding carboxylic acids is 1. The van der Waals surface area contributed by atoms with Gasteiger partial charge in [0.15, 0.2) is 11.6 Å². The van der Waals surface area contributed by atoms with Gasteiger partial charge in [0.25, 0.3) is 5.91 Å². The van der Waals surface area contributed by atoms with E-state index in [0.29, 0.717) is 33.7 Å². The number of halogens is 1. The number of amides is 1. The highest BCUT2D eigenvalue weighted by Gasteiger charge is 2.13. The fraction of sp³-hybridized carbons (Fsp3) is 0.0476. The van der Waals surface area contributed by atoms with Crippen molar-refractivity contribution in [2.24, 2.45) is 0 Å². The Kier molecular flexibility index (Phi) is 5.58. The molecule has 2 aromatic heterocycles. The minimum atomic E-state index is -0.310. The highest BCUT2D eigenvalue weighted by atomic mass is 35.5. The number of hydrogen-bond donors (Lipinski definition) is 2. The first-order valence-corrected chi connectivity index (χ1v) is 9.36. The van der Waals surface area contributed by atoms with E-state index in [-0.39, 0.29) is 5.91 Å². The summed E-state index contributed by atoms with van der Waals surface area (Å²) in [5.74, 6) is 1.36. The maximum absolute atomic E-state index is 12.6. The highest BCUT2D eigenvalue weighted by Crippen LogP contribution is 2.24. The molecule has 8 nitrogen and oxygen atoms in total. The first-order chi connectivity index (χ1) is 14.6. The van der Waals surface area contributed by atoms with E-state index in [1.807, 2.05) is 30.3 Å². The second-order valence-corrected chi connectivity index (χ2v) is 6.66. The molecule has 0 spiro atoms. The molecule has 0 radical (unpaired) electrons. The Hall–Kier alpha value is -3.91. The molecule has 4 aromatic rings. The zero-order valence-electron chi connectivity index (χ0n) is 15.9. The molecule has 150 valence electrons. The van der Waals surface area contributed by atoms with Gasteiger partial charge in [-0.25, -0.2) is 4.68 Å². The summed E-state index contributed by atoms with van der Waals surface area (Å²) in [4.78, 5) is 12.6. The molecule has 0 saturated heterocycles. The maximum Gasteiger partial charge on any atom is 0.259 e. The van der Waals surface area contributed by atoms with Gasteiger partial charge in [-0.1, -0.05) is 11.6 Å². The average molecular weight is 421 g/mol. The van der Waals surface area contributed by atoms with Crippen LogP contribution in [-0.4, -0.2) is 33.0 Å². The summed E-state index contributed by atoms with van der Waals surface area (Å²) in [6.07, 6.45) is 3.47. The van der Waals surface area contributed by atoms with Crippen LogP contribution < -0.4 is 15.4 Å². The largest absolute Gasteiger partial charge is 0.496 e. The van der Waals surface area contributed by atoms with Crippen LogP contribution in [0.5, 0.6) is 5.75 Å². The molecule has 0 saturated carbocycles. The summed E-state index contributed by atoms with van der Waals surface area (Å²) < 4.78 is 6.86. The molecule has 4 rings (SSSR count). The van der Waals surface area contributed by atoms with E-state index in [4.69, 9.17) is 16.3 Å². The first kappa shape index (κ1) is 19.4. The van der Waals surface area contributed by atoms with Crippen molar-refractivity contribution in [3.05, 3.63) is 83.6 Å². The molecular formula is C21H17ClN6O2. The summed E-state index contributed by atoms with van der Waals surface area (Å²) in [6.45, 7) is 0. The highest BCUT2D eigenvalue weighted by molar-refractivity contribution is 6.31. The Labute approximate surface area is 177 Å². The van der Waals surface area contributed by atoms with Gasteiger partial charge < -0.3 is 15.4 Å². The molecule has 0 bridgehead atoms. The number of benzene rings is 2. The Morgan fingerprint density at radius 3 is 2.50 bits per heavy atom. The van der Waals surface area contributed by atoms with Crippen LogP contribution in [0.25, 0.3) is 5.82 Å². The first-order valence-electron chi connectivity index (χ1n) is 8.98. The molecule has 2 N–H and O–H groups in total. The normalized spacial score (nSPS) is 10.5. The van der Waals surface area contributed by atoms with Gasteiger partial charge >= 0.3 is 0 Å². The predicted octanol–water partition coefficient (Wildman–Crippen LogP) is 4.32. The second kappa shape index (κ2) is 8.62. The number of nitrogens with one attached hydrogen (secondary N) is 2. The minimum Gasteiger partial charge on any atom is -0.496 e. The van der Waals surface area contributed by atoms with Crippen LogP contribution in [0.3, 0.4) is 0 Å². The number of hydrogen-bond acceptors (Lipinski definition) is 6. The number of nitrogens with zero attached hydrogens (tertiary/aromatic N) is 4. The van der Waals surface area contributed by atoms with Gasteiger partial charge in [-0.15, -0.1) is 10.2 Å². The van der Waals surface area contributed by atoms with Crippen LogP contribution in [0.2, 0.25) is 5.02 Å². The number of ether oxygens (including phenoxy) is 1. The number of aromatic nitrogens is 4. The SMILES string of the molecule is COc1ccc(Cl)cc1C(=O)Nc1ccc(Nc2ccc(-n3cccn3)nn2)cc1. The Bertz CT molecular complexity index is 1150. The van der Waals surface area contributed by atoms with Crippen molar-refractivity contribution >= 4 is 34.7 Å². The summed E-state index contributed by atoms with van der Waals surface area (Å²) >= 11 is 6.00. The van der Waals surface area contributed by atoms with E-state index < -0.39 is 0 Å². The van der Waals surface area contributed by atoms with Gasteiger partial charge in [-0.3, -0.25) is 4.79 Å². The summed E-state index contributed by atoms with van der Waals surface area (Å²) in [5, 5.41) is 18.9. The molecule has 0 aliphatic rings. The van der Waals surface area contributed by atoms with E-state index in [9.17, 15) is 4.79 Å². The monoisotopic (exact) mass is 420 g/mol. The second-order valence-electron chi connectivity index (χ2n) is 6.23. The van der Waals surface area contributed by atoms with E-state index in [2.05, 4.69) is 25.9 Å². The topological polar surface area (TPSA) is 94.0 Å². The van der Waals surface area contributed by atoms with Gasteiger partial charge in [0.05, 0.1) is 12.7 Å². The minimum absolute atomic E-state index is 0.310. The Morgan fingerprint density at radius 2 is 1.83 bits per heavy atom. The van der Waals surface area contributed by atoms with E-state index >= 15 is 0 Å². The summed E-state index contributed by atoms with van der Waals surface area (Å²) in [6, 6.07) is 17.5. The van der Waals surface area contributed by atoms with Gasteiger partial charge in [0.2, 0.25) is 0 Å². The Balaban J connectivity index is 1.42. The van der Waals surface area contributed by atoms with Gasteiger partial charge in [0.1, 0.15) is 5.75 Å². The molecule has 0 atom stereocenters. The lowest BCUT2D eigenvalue weighted by Gasteiger charge is -2.11. The van der Waals surface area contributed by atoms with Crippen molar-refractivity contribution in [1.82, 2.24) is 20.0 Å². The van der Waals surface area contributed by atoms with Crippen LogP contribution >= 0.6 is 11.6 Å². The lowest BCUT2D eigenvalue weighted by Crippen LogP contribution is -2.13. The molecule has 0 aliphatic heterocycles. The number of methoxy groups -OCH3 is 1. The summed E-state index contributed by atoms with van der Waals surface area (Å²) in [7, 11) is 1.50. The van der Waals surface area contributed by atoms with Crippen molar-refractivity contribution in [3.8, 4) is 11.6 Å². The third kappa shape index (κ3) is 4.39. The molecule has 9 heteroatoms. The maximum atomic E-state index is 12.6. The smallest absolute Gasteiger partial charge is 0.259 e. The molecule has 1 amide bonds. The van der Waals surface area contributed by atoms with Crippen molar-refractivity contribution in [2.45, 2.75) is 0 Å². The molecule has 0 aliphatic carbocycles.